The minimum Gasteiger partial charge on any atom is -0.351 e. The van der Waals surface area contributed by atoms with Crippen molar-refractivity contribution in [1.29, 1.82) is 0 Å². The van der Waals surface area contributed by atoms with E-state index in [0.29, 0.717) is 12.2 Å². The number of aromatic nitrogens is 2. The zero-order valence-electron chi connectivity index (χ0n) is 14.7. The summed E-state index contributed by atoms with van der Waals surface area (Å²) in [5.41, 5.74) is 4.86. The Hall–Kier alpha value is -2.92. The average Bonchev–Trinajstić information content (AvgIpc) is 3.23. The van der Waals surface area contributed by atoms with Crippen LogP contribution in [0.3, 0.4) is 0 Å². The van der Waals surface area contributed by atoms with Gasteiger partial charge in [-0.25, -0.2) is 4.98 Å². The molecular formula is C21H19N3OS. The number of amides is 1. The van der Waals surface area contributed by atoms with Gasteiger partial charge >= 0.3 is 0 Å². The highest BCUT2D eigenvalue weighted by molar-refractivity contribution is 7.15. The average molecular weight is 361 g/mol. The van der Waals surface area contributed by atoms with Gasteiger partial charge in [0.2, 0.25) is 0 Å². The molecular weight excluding hydrogens is 342 g/mol. The van der Waals surface area contributed by atoms with Crippen molar-refractivity contribution in [1.82, 2.24) is 15.3 Å². The molecule has 2 aromatic carbocycles. The number of H-pyrrole nitrogens is 1. The van der Waals surface area contributed by atoms with E-state index in [2.05, 4.69) is 34.3 Å². The minimum absolute atomic E-state index is 0.105. The number of benzene rings is 2. The zero-order valence-corrected chi connectivity index (χ0v) is 15.5. The van der Waals surface area contributed by atoms with Gasteiger partial charge in [-0.3, -0.25) is 4.79 Å². The van der Waals surface area contributed by atoms with Gasteiger partial charge in [0.15, 0.2) is 0 Å². The van der Waals surface area contributed by atoms with Crippen LogP contribution in [0, 0.1) is 13.8 Å². The van der Waals surface area contributed by atoms with Gasteiger partial charge in [-0.2, -0.15) is 0 Å². The number of nitrogens with zero attached hydrogens (tertiary/aromatic N) is 1. The molecule has 0 saturated carbocycles. The van der Waals surface area contributed by atoms with Crippen molar-refractivity contribution in [3.05, 3.63) is 76.4 Å². The number of para-hydroxylation sites is 1. The number of hydrogen-bond acceptors (Lipinski definition) is 3. The Morgan fingerprint density at radius 1 is 1.12 bits per heavy atom. The number of rotatable bonds is 4. The van der Waals surface area contributed by atoms with Gasteiger partial charge in [-0.1, -0.05) is 42.5 Å². The number of thiazole rings is 1. The maximum absolute atomic E-state index is 12.5. The van der Waals surface area contributed by atoms with E-state index in [9.17, 15) is 4.79 Å². The van der Waals surface area contributed by atoms with E-state index < -0.39 is 0 Å². The lowest BCUT2D eigenvalue weighted by Crippen LogP contribution is -2.22. The van der Waals surface area contributed by atoms with Crippen molar-refractivity contribution < 1.29 is 4.79 Å². The first-order chi connectivity index (χ1) is 12.6. The molecule has 0 unspecified atom stereocenters. The highest BCUT2D eigenvalue weighted by Crippen LogP contribution is 2.30. The van der Waals surface area contributed by atoms with Crippen LogP contribution >= 0.6 is 11.3 Å². The van der Waals surface area contributed by atoms with Crippen molar-refractivity contribution in [3.8, 4) is 10.6 Å². The minimum atomic E-state index is -0.105. The number of nitrogens with one attached hydrogen (secondary N) is 2. The Morgan fingerprint density at radius 2 is 1.88 bits per heavy atom. The van der Waals surface area contributed by atoms with Gasteiger partial charge in [0.05, 0.1) is 12.2 Å². The van der Waals surface area contributed by atoms with E-state index in [-0.39, 0.29) is 5.91 Å². The first-order valence-electron chi connectivity index (χ1n) is 8.50. The number of aromatic amines is 1. The molecule has 5 heteroatoms. The fraction of sp³-hybridized carbons (Fsp3) is 0.143. The summed E-state index contributed by atoms with van der Waals surface area (Å²) in [7, 11) is 0. The van der Waals surface area contributed by atoms with Crippen LogP contribution in [-0.2, 0) is 6.54 Å². The lowest BCUT2D eigenvalue weighted by atomic mass is 10.1. The Labute approximate surface area is 155 Å². The van der Waals surface area contributed by atoms with Crippen molar-refractivity contribution in [3.63, 3.8) is 0 Å². The molecule has 0 radical (unpaired) electrons. The van der Waals surface area contributed by atoms with Crippen LogP contribution in [-0.4, -0.2) is 15.9 Å². The summed E-state index contributed by atoms with van der Waals surface area (Å²) in [5, 5.41) is 5.03. The Kier molecular flexibility index (Phi) is 4.31. The van der Waals surface area contributed by atoms with Crippen LogP contribution in [0.5, 0.6) is 0 Å². The second kappa shape index (κ2) is 6.77. The predicted octanol–water partition coefficient (Wildman–Crippen LogP) is 4.84. The Bertz CT molecular complexity index is 1060. The molecule has 0 bridgehead atoms. The number of hydrogen-bond donors (Lipinski definition) is 2. The molecule has 1 amide bonds. The third-order valence-corrected chi connectivity index (χ3v) is 5.64. The molecule has 0 atom stereocenters. The number of carbonyl (C=O) groups is 1. The van der Waals surface area contributed by atoms with E-state index >= 15 is 0 Å². The van der Waals surface area contributed by atoms with Gasteiger partial charge in [0, 0.05) is 21.3 Å². The van der Waals surface area contributed by atoms with E-state index in [1.165, 1.54) is 5.56 Å². The SMILES string of the molecule is Cc1ccccc1-c1nc(C)c(CNC(=O)c2cc3ccccc3[nH]2)s1. The molecule has 4 aromatic rings. The molecule has 0 spiro atoms. The summed E-state index contributed by atoms with van der Waals surface area (Å²) in [5.74, 6) is -0.105. The molecule has 130 valence electrons. The van der Waals surface area contributed by atoms with Crippen LogP contribution in [0.2, 0.25) is 0 Å². The fourth-order valence-electron chi connectivity index (χ4n) is 2.97. The van der Waals surface area contributed by atoms with Crippen LogP contribution < -0.4 is 5.32 Å². The summed E-state index contributed by atoms with van der Waals surface area (Å²) in [6.07, 6.45) is 0. The number of carbonyl (C=O) groups excluding carboxylic acids is 1. The molecule has 4 rings (SSSR count). The monoisotopic (exact) mass is 361 g/mol. The predicted molar refractivity (Wildman–Crippen MR) is 106 cm³/mol. The Balaban J connectivity index is 1.51. The molecule has 0 aliphatic carbocycles. The largest absolute Gasteiger partial charge is 0.351 e. The van der Waals surface area contributed by atoms with Gasteiger partial charge in [-0.15, -0.1) is 11.3 Å². The van der Waals surface area contributed by atoms with Gasteiger partial charge in [0.1, 0.15) is 10.7 Å². The summed E-state index contributed by atoms with van der Waals surface area (Å²) in [6, 6.07) is 18.0. The smallest absolute Gasteiger partial charge is 0.268 e. The van der Waals surface area contributed by atoms with Crippen molar-refractivity contribution in [2.75, 3.05) is 0 Å². The van der Waals surface area contributed by atoms with Crippen molar-refractivity contribution in [2.45, 2.75) is 20.4 Å². The summed E-state index contributed by atoms with van der Waals surface area (Å²) < 4.78 is 0. The third kappa shape index (κ3) is 3.13. The maximum Gasteiger partial charge on any atom is 0.268 e. The van der Waals surface area contributed by atoms with Gasteiger partial charge < -0.3 is 10.3 Å². The molecule has 2 heterocycles. The molecule has 0 fully saturated rings. The van der Waals surface area contributed by atoms with Crippen LogP contribution in [0.15, 0.2) is 54.6 Å². The molecule has 0 saturated heterocycles. The third-order valence-electron chi connectivity index (χ3n) is 4.45. The van der Waals surface area contributed by atoms with E-state index in [4.69, 9.17) is 0 Å². The molecule has 0 aliphatic rings. The van der Waals surface area contributed by atoms with Gasteiger partial charge in [-0.05, 0) is 31.5 Å². The normalized spacial score (nSPS) is 11.0. The zero-order chi connectivity index (χ0) is 18.1. The summed E-state index contributed by atoms with van der Waals surface area (Å²) in [4.78, 5) is 21.4. The number of fused-ring (bicyclic) bond motifs is 1. The molecule has 2 N–H and O–H groups in total. The summed E-state index contributed by atoms with van der Waals surface area (Å²) >= 11 is 1.63. The van der Waals surface area contributed by atoms with Crippen molar-refractivity contribution >= 4 is 28.1 Å². The van der Waals surface area contributed by atoms with Crippen LogP contribution in [0.4, 0.5) is 0 Å². The quantitative estimate of drug-likeness (QED) is 0.546. The van der Waals surface area contributed by atoms with Gasteiger partial charge in [0.25, 0.3) is 5.91 Å². The second-order valence-electron chi connectivity index (χ2n) is 6.30. The Morgan fingerprint density at radius 3 is 2.69 bits per heavy atom. The van der Waals surface area contributed by atoms with Crippen molar-refractivity contribution in [2.24, 2.45) is 0 Å². The molecule has 4 nitrogen and oxygen atoms in total. The highest BCUT2D eigenvalue weighted by Gasteiger charge is 2.13. The summed E-state index contributed by atoms with van der Waals surface area (Å²) in [6.45, 7) is 4.55. The standard InChI is InChI=1S/C21H19N3OS/c1-13-7-3-5-9-16(13)21-23-14(2)19(26-21)12-22-20(25)18-11-15-8-4-6-10-17(15)24-18/h3-11,24H,12H2,1-2H3,(H,22,25). The molecule has 26 heavy (non-hydrogen) atoms. The number of aryl methyl sites for hydroxylation is 2. The van der Waals surface area contributed by atoms with E-state index in [1.807, 2.05) is 49.4 Å². The molecule has 2 aromatic heterocycles. The first kappa shape index (κ1) is 16.5. The van der Waals surface area contributed by atoms with Crippen LogP contribution in [0.1, 0.15) is 26.6 Å². The van der Waals surface area contributed by atoms with Crippen LogP contribution in [0.25, 0.3) is 21.5 Å². The first-order valence-corrected chi connectivity index (χ1v) is 9.32. The van der Waals surface area contributed by atoms with E-state index in [1.54, 1.807) is 11.3 Å². The maximum atomic E-state index is 12.5. The topological polar surface area (TPSA) is 57.8 Å². The second-order valence-corrected chi connectivity index (χ2v) is 7.38. The lowest BCUT2D eigenvalue weighted by molar-refractivity contribution is 0.0947. The van der Waals surface area contributed by atoms with E-state index in [0.717, 1.165) is 32.0 Å². The highest BCUT2D eigenvalue weighted by atomic mass is 32.1. The fourth-order valence-corrected chi connectivity index (χ4v) is 4.06. The lowest BCUT2D eigenvalue weighted by Gasteiger charge is -2.02. The molecule has 0 aliphatic heterocycles.